The summed E-state index contributed by atoms with van der Waals surface area (Å²) >= 11 is 1.59. The third kappa shape index (κ3) is 4.50. The zero-order valence-corrected chi connectivity index (χ0v) is 17.9. The number of rotatable bonds is 6. The first-order valence-corrected chi connectivity index (χ1v) is 11.4. The summed E-state index contributed by atoms with van der Waals surface area (Å²) in [6.07, 6.45) is 2.70. The lowest BCUT2D eigenvalue weighted by atomic mass is 10.1. The molecule has 0 radical (unpaired) electrons. The van der Waals surface area contributed by atoms with Crippen LogP contribution in [0.1, 0.15) is 17.9 Å². The Kier molecular flexibility index (Phi) is 5.73. The van der Waals surface area contributed by atoms with Crippen molar-refractivity contribution in [2.75, 3.05) is 26.2 Å². The molecule has 0 aliphatic carbocycles. The molecule has 1 aliphatic heterocycles. The second kappa shape index (κ2) is 8.95. The van der Waals surface area contributed by atoms with Gasteiger partial charge in [-0.05, 0) is 23.1 Å². The molecule has 4 aromatic rings. The van der Waals surface area contributed by atoms with Gasteiger partial charge in [0.15, 0.2) is 0 Å². The van der Waals surface area contributed by atoms with E-state index in [4.69, 9.17) is 4.52 Å². The van der Waals surface area contributed by atoms with E-state index in [1.807, 2.05) is 34.0 Å². The number of para-hydroxylation sites is 1. The van der Waals surface area contributed by atoms with Crippen molar-refractivity contribution in [3.8, 4) is 11.4 Å². The first kappa shape index (κ1) is 19.8. The fourth-order valence-corrected chi connectivity index (χ4v) is 4.56. The molecule has 1 fully saturated rings. The van der Waals surface area contributed by atoms with E-state index in [2.05, 4.69) is 44.3 Å². The van der Waals surface area contributed by atoms with Crippen molar-refractivity contribution in [1.29, 1.82) is 0 Å². The maximum absolute atomic E-state index is 12.7. The summed E-state index contributed by atoms with van der Waals surface area (Å²) in [5.41, 5.74) is 3.24. The summed E-state index contributed by atoms with van der Waals surface area (Å²) in [7, 11) is 0. The number of fused-ring (bicyclic) bond motifs is 1. The second-order valence-corrected chi connectivity index (χ2v) is 8.45. The van der Waals surface area contributed by atoms with Gasteiger partial charge in [0, 0.05) is 68.1 Å². The van der Waals surface area contributed by atoms with Crippen molar-refractivity contribution in [2.45, 2.75) is 19.4 Å². The third-order valence-electron chi connectivity index (χ3n) is 5.64. The summed E-state index contributed by atoms with van der Waals surface area (Å²) in [5, 5.41) is 9.13. The number of benzene rings is 1. The number of pyridine rings is 1. The van der Waals surface area contributed by atoms with E-state index >= 15 is 0 Å². The lowest BCUT2D eigenvalue weighted by Crippen LogP contribution is -2.48. The van der Waals surface area contributed by atoms with Crippen molar-refractivity contribution in [3.63, 3.8) is 0 Å². The largest absolute Gasteiger partial charge is 0.340 e. The van der Waals surface area contributed by atoms with Crippen LogP contribution in [0, 0.1) is 0 Å². The maximum Gasteiger partial charge on any atom is 0.227 e. The average molecular weight is 434 g/mol. The number of carbonyl (C=O) groups excluding carboxylic acids is 1. The summed E-state index contributed by atoms with van der Waals surface area (Å²) in [5.74, 6) is 1.23. The minimum Gasteiger partial charge on any atom is -0.340 e. The molecule has 1 aliphatic rings. The van der Waals surface area contributed by atoms with Crippen molar-refractivity contribution in [1.82, 2.24) is 24.9 Å². The number of amides is 1. The van der Waals surface area contributed by atoms with Gasteiger partial charge in [0.2, 0.25) is 17.6 Å². The van der Waals surface area contributed by atoms with Gasteiger partial charge in [-0.15, -0.1) is 0 Å². The van der Waals surface area contributed by atoms with Gasteiger partial charge in [-0.25, -0.2) is 0 Å². The van der Waals surface area contributed by atoms with Gasteiger partial charge in [0.1, 0.15) is 0 Å². The normalized spacial score (nSPS) is 14.9. The highest BCUT2D eigenvalue weighted by Crippen LogP contribution is 2.20. The van der Waals surface area contributed by atoms with Gasteiger partial charge in [0.25, 0.3) is 0 Å². The molecule has 1 aromatic carbocycles. The number of piperazine rings is 1. The summed E-state index contributed by atoms with van der Waals surface area (Å²) in [4.78, 5) is 25.9. The molecular formula is C23H23N5O2S. The molecule has 1 amide bonds. The Labute approximate surface area is 184 Å². The lowest BCUT2D eigenvalue weighted by molar-refractivity contribution is -0.133. The van der Waals surface area contributed by atoms with Gasteiger partial charge >= 0.3 is 0 Å². The number of aryl methyl sites for hydroxylation is 1. The Morgan fingerprint density at radius 2 is 1.97 bits per heavy atom. The molecule has 0 saturated carbocycles. The zero-order valence-electron chi connectivity index (χ0n) is 17.1. The van der Waals surface area contributed by atoms with Crippen LogP contribution in [0.5, 0.6) is 0 Å². The van der Waals surface area contributed by atoms with Gasteiger partial charge in [-0.3, -0.25) is 14.7 Å². The zero-order chi connectivity index (χ0) is 21.0. The molecule has 0 bridgehead atoms. The average Bonchev–Trinajstić information content (AvgIpc) is 3.50. The van der Waals surface area contributed by atoms with E-state index in [9.17, 15) is 4.79 Å². The highest BCUT2D eigenvalue weighted by Gasteiger charge is 2.22. The van der Waals surface area contributed by atoms with Crippen LogP contribution in [-0.4, -0.2) is 57.0 Å². The smallest absolute Gasteiger partial charge is 0.227 e. The third-order valence-corrected chi connectivity index (χ3v) is 6.32. The molecule has 5 rings (SSSR count). The fourth-order valence-electron chi connectivity index (χ4n) is 3.93. The Bertz CT molecular complexity index is 1160. The van der Waals surface area contributed by atoms with Gasteiger partial charge < -0.3 is 9.42 Å². The Morgan fingerprint density at radius 1 is 1.10 bits per heavy atom. The van der Waals surface area contributed by atoms with Crippen LogP contribution in [-0.2, 0) is 17.8 Å². The molecule has 0 unspecified atom stereocenters. The molecule has 4 heterocycles. The van der Waals surface area contributed by atoms with Crippen molar-refractivity contribution >= 4 is 28.1 Å². The standard InChI is InChI=1S/C23H23N5O2S/c29-21(7-6-20-25-23(26-30-20)19-8-14-31-16-19)28-12-10-27(11-13-28)15-18-4-1-3-17-5-2-9-24-22(17)18/h1-5,8-9,14,16H,6-7,10-13,15H2. The fraction of sp³-hybridized carbons (Fsp3) is 0.304. The Hall–Kier alpha value is -3.10. The minimum absolute atomic E-state index is 0.141. The van der Waals surface area contributed by atoms with Gasteiger partial charge in [-0.1, -0.05) is 29.4 Å². The number of hydrogen-bond donors (Lipinski definition) is 0. The van der Waals surface area contributed by atoms with Crippen LogP contribution in [0.2, 0.25) is 0 Å². The lowest BCUT2D eigenvalue weighted by Gasteiger charge is -2.34. The molecule has 8 heteroatoms. The summed E-state index contributed by atoms with van der Waals surface area (Å²) in [6, 6.07) is 12.3. The van der Waals surface area contributed by atoms with Crippen molar-refractivity contribution < 1.29 is 9.32 Å². The monoisotopic (exact) mass is 433 g/mol. The molecule has 0 N–H and O–H groups in total. The second-order valence-electron chi connectivity index (χ2n) is 7.67. The molecule has 0 atom stereocenters. The van der Waals surface area contributed by atoms with Crippen molar-refractivity contribution in [2.24, 2.45) is 0 Å². The van der Waals surface area contributed by atoms with E-state index in [1.54, 1.807) is 11.3 Å². The molecule has 1 saturated heterocycles. The van der Waals surface area contributed by atoms with Gasteiger partial charge in [0.05, 0.1) is 5.52 Å². The van der Waals surface area contributed by atoms with E-state index < -0.39 is 0 Å². The Balaban J connectivity index is 1.12. The molecule has 7 nitrogen and oxygen atoms in total. The van der Waals surface area contributed by atoms with Gasteiger partial charge in [-0.2, -0.15) is 16.3 Å². The van der Waals surface area contributed by atoms with Crippen LogP contribution in [0.4, 0.5) is 0 Å². The highest BCUT2D eigenvalue weighted by molar-refractivity contribution is 7.08. The SMILES string of the molecule is O=C(CCc1nc(-c2ccsc2)no1)N1CCN(Cc2cccc3cccnc23)CC1. The van der Waals surface area contributed by atoms with Crippen LogP contribution in [0.3, 0.4) is 0 Å². The first-order valence-electron chi connectivity index (χ1n) is 10.4. The van der Waals surface area contributed by atoms with Crippen molar-refractivity contribution in [3.05, 3.63) is 64.8 Å². The predicted octanol–water partition coefficient (Wildman–Crippen LogP) is 3.62. The molecule has 0 spiro atoms. The van der Waals surface area contributed by atoms with Crippen LogP contribution < -0.4 is 0 Å². The summed E-state index contributed by atoms with van der Waals surface area (Å²) in [6.45, 7) is 4.04. The Morgan fingerprint density at radius 3 is 2.81 bits per heavy atom. The van der Waals surface area contributed by atoms with Crippen LogP contribution in [0.25, 0.3) is 22.3 Å². The maximum atomic E-state index is 12.7. The number of carbonyl (C=O) groups is 1. The van der Waals surface area contributed by atoms with Crippen LogP contribution >= 0.6 is 11.3 Å². The molecule has 31 heavy (non-hydrogen) atoms. The predicted molar refractivity (Wildman–Crippen MR) is 120 cm³/mol. The van der Waals surface area contributed by atoms with E-state index in [0.29, 0.717) is 24.6 Å². The molecular weight excluding hydrogens is 410 g/mol. The number of hydrogen-bond acceptors (Lipinski definition) is 7. The quantitative estimate of drug-likeness (QED) is 0.462. The van der Waals surface area contributed by atoms with Crippen LogP contribution in [0.15, 0.2) is 57.9 Å². The number of nitrogens with zero attached hydrogens (tertiary/aromatic N) is 5. The summed E-state index contributed by atoms with van der Waals surface area (Å²) < 4.78 is 5.30. The minimum atomic E-state index is 0.141. The van der Waals surface area contributed by atoms with E-state index in [-0.39, 0.29) is 5.91 Å². The molecule has 3 aromatic heterocycles. The molecule has 158 valence electrons. The topological polar surface area (TPSA) is 75.4 Å². The highest BCUT2D eigenvalue weighted by atomic mass is 32.1. The number of aromatic nitrogens is 3. The van der Waals surface area contributed by atoms with E-state index in [1.165, 1.54) is 5.56 Å². The number of thiophene rings is 1. The first-order chi connectivity index (χ1) is 15.3. The van der Waals surface area contributed by atoms with E-state index in [0.717, 1.165) is 49.2 Å².